The summed E-state index contributed by atoms with van der Waals surface area (Å²) in [5.41, 5.74) is 1.37. The first-order valence-corrected chi connectivity index (χ1v) is 6.12. The van der Waals surface area contributed by atoms with Crippen molar-refractivity contribution in [2.24, 2.45) is 0 Å². The number of nitrogens with zero attached hydrogens (tertiary/aromatic N) is 1. The van der Waals surface area contributed by atoms with E-state index in [1.807, 2.05) is 12.1 Å². The topological polar surface area (TPSA) is 12.5 Å². The Kier molecular flexibility index (Phi) is 5.78. The van der Waals surface area contributed by atoms with Crippen LogP contribution >= 0.6 is 0 Å². The molecule has 1 unspecified atom stereocenters. The van der Waals surface area contributed by atoms with Crippen molar-refractivity contribution < 1.29 is 4.74 Å². The summed E-state index contributed by atoms with van der Waals surface area (Å²) in [6.07, 6.45) is 4.05. The van der Waals surface area contributed by atoms with Crippen LogP contribution in [0.2, 0.25) is 0 Å². The fourth-order valence-corrected chi connectivity index (χ4v) is 1.54. The SMILES string of the molecule is C=CCOc1ccc(CCC(C)N(C)C)cc1. The van der Waals surface area contributed by atoms with Crippen LogP contribution in [0.3, 0.4) is 0 Å². The number of hydrogen-bond acceptors (Lipinski definition) is 2. The molecule has 0 radical (unpaired) electrons. The molecule has 0 N–H and O–H groups in total. The third kappa shape index (κ3) is 5.05. The van der Waals surface area contributed by atoms with Crippen LogP contribution in [-0.2, 0) is 6.42 Å². The largest absolute Gasteiger partial charge is 0.490 e. The molecule has 2 nitrogen and oxygen atoms in total. The minimum atomic E-state index is 0.566. The quantitative estimate of drug-likeness (QED) is 0.671. The van der Waals surface area contributed by atoms with Crippen LogP contribution in [0.5, 0.6) is 5.75 Å². The highest BCUT2D eigenvalue weighted by Gasteiger charge is 2.04. The Morgan fingerprint density at radius 1 is 1.29 bits per heavy atom. The highest BCUT2D eigenvalue weighted by Crippen LogP contribution is 2.14. The first-order valence-electron chi connectivity index (χ1n) is 6.12. The van der Waals surface area contributed by atoms with Crippen LogP contribution in [0.15, 0.2) is 36.9 Å². The Bertz CT molecular complexity index is 329. The zero-order valence-corrected chi connectivity index (χ0v) is 11.1. The fraction of sp³-hybridized carbons (Fsp3) is 0.467. The van der Waals surface area contributed by atoms with Gasteiger partial charge < -0.3 is 9.64 Å². The van der Waals surface area contributed by atoms with Crippen molar-refractivity contribution in [1.82, 2.24) is 4.90 Å². The molecule has 0 saturated carbocycles. The van der Waals surface area contributed by atoms with Gasteiger partial charge in [0, 0.05) is 6.04 Å². The Morgan fingerprint density at radius 2 is 1.94 bits per heavy atom. The Labute approximate surface area is 105 Å². The molecule has 0 aliphatic heterocycles. The highest BCUT2D eigenvalue weighted by atomic mass is 16.5. The van der Waals surface area contributed by atoms with Gasteiger partial charge in [0.25, 0.3) is 0 Å². The average Bonchev–Trinajstić information content (AvgIpc) is 2.34. The van der Waals surface area contributed by atoms with E-state index >= 15 is 0 Å². The maximum absolute atomic E-state index is 5.45. The van der Waals surface area contributed by atoms with Crippen molar-refractivity contribution in [2.75, 3.05) is 20.7 Å². The summed E-state index contributed by atoms with van der Waals surface area (Å²) in [6, 6.07) is 8.95. The minimum absolute atomic E-state index is 0.566. The molecule has 17 heavy (non-hydrogen) atoms. The van der Waals surface area contributed by atoms with E-state index in [0.717, 1.165) is 12.2 Å². The molecule has 0 heterocycles. The van der Waals surface area contributed by atoms with Crippen LogP contribution in [-0.4, -0.2) is 31.6 Å². The molecule has 94 valence electrons. The molecule has 1 rings (SSSR count). The Morgan fingerprint density at radius 3 is 2.47 bits per heavy atom. The van der Waals surface area contributed by atoms with Gasteiger partial charge in [0.05, 0.1) is 0 Å². The molecule has 0 aliphatic carbocycles. The number of ether oxygens (including phenoxy) is 1. The predicted octanol–water partition coefficient (Wildman–Crippen LogP) is 3.13. The third-order valence-corrected chi connectivity index (χ3v) is 3.02. The maximum Gasteiger partial charge on any atom is 0.119 e. The number of benzene rings is 1. The van der Waals surface area contributed by atoms with Crippen LogP contribution < -0.4 is 4.74 Å². The molecule has 0 aromatic heterocycles. The molecule has 0 aliphatic rings. The van der Waals surface area contributed by atoms with Gasteiger partial charge in [0.1, 0.15) is 12.4 Å². The van der Waals surface area contributed by atoms with Crippen molar-refractivity contribution >= 4 is 0 Å². The second-order valence-electron chi connectivity index (χ2n) is 4.59. The lowest BCUT2D eigenvalue weighted by Crippen LogP contribution is -2.24. The van der Waals surface area contributed by atoms with E-state index in [1.54, 1.807) is 6.08 Å². The molecule has 1 aromatic rings. The monoisotopic (exact) mass is 233 g/mol. The van der Waals surface area contributed by atoms with Gasteiger partial charge in [0.2, 0.25) is 0 Å². The van der Waals surface area contributed by atoms with Gasteiger partial charge in [-0.3, -0.25) is 0 Å². The van der Waals surface area contributed by atoms with Crippen LogP contribution in [0.25, 0.3) is 0 Å². The second kappa shape index (κ2) is 7.13. The fourth-order valence-electron chi connectivity index (χ4n) is 1.54. The van der Waals surface area contributed by atoms with E-state index in [2.05, 4.69) is 44.6 Å². The van der Waals surface area contributed by atoms with Crippen molar-refractivity contribution in [3.8, 4) is 5.75 Å². The lowest BCUT2D eigenvalue weighted by atomic mass is 10.1. The first-order chi connectivity index (χ1) is 8.13. The summed E-state index contributed by atoms with van der Waals surface area (Å²) in [4.78, 5) is 2.25. The molecule has 0 bridgehead atoms. The van der Waals surface area contributed by atoms with Crippen molar-refractivity contribution in [2.45, 2.75) is 25.8 Å². The summed E-state index contributed by atoms with van der Waals surface area (Å²) in [6.45, 7) is 6.45. The van der Waals surface area contributed by atoms with E-state index in [9.17, 15) is 0 Å². The Hall–Kier alpha value is -1.28. The van der Waals surface area contributed by atoms with E-state index in [0.29, 0.717) is 12.6 Å². The third-order valence-electron chi connectivity index (χ3n) is 3.02. The number of aryl methyl sites for hydroxylation is 1. The molecule has 0 saturated heterocycles. The van der Waals surface area contributed by atoms with Gasteiger partial charge in [0.15, 0.2) is 0 Å². The molecular formula is C15H23NO. The Balaban J connectivity index is 2.42. The average molecular weight is 233 g/mol. The van der Waals surface area contributed by atoms with Gasteiger partial charge in [-0.05, 0) is 51.6 Å². The zero-order valence-electron chi connectivity index (χ0n) is 11.1. The highest BCUT2D eigenvalue weighted by molar-refractivity contribution is 5.27. The van der Waals surface area contributed by atoms with Gasteiger partial charge >= 0.3 is 0 Å². The predicted molar refractivity (Wildman–Crippen MR) is 73.6 cm³/mol. The van der Waals surface area contributed by atoms with Crippen LogP contribution in [0.4, 0.5) is 0 Å². The summed E-state index contributed by atoms with van der Waals surface area (Å²) < 4.78 is 5.45. The smallest absolute Gasteiger partial charge is 0.119 e. The van der Waals surface area contributed by atoms with Crippen LogP contribution in [0.1, 0.15) is 18.9 Å². The lowest BCUT2D eigenvalue weighted by molar-refractivity contribution is 0.299. The van der Waals surface area contributed by atoms with Gasteiger partial charge in [-0.15, -0.1) is 0 Å². The summed E-state index contributed by atoms with van der Waals surface area (Å²) in [5.74, 6) is 0.911. The maximum atomic E-state index is 5.45. The van der Waals surface area contributed by atoms with E-state index < -0.39 is 0 Å². The molecule has 1 aromatic carbocycles. The summed E-state index contributed by atoms with van der Waals surface area (Å²) >= 11 is 0. The van der Waals surface area contributed by atoms with Gasteiger partial charge in [-0.25, -0.2) is 0 Å². The molecule has 1 atom stereocenters. The summed E-state index contributed by atoms with van der Waals surface area (Å²) in [5, 5.41) is 0. The second-order valence-corrected chi connectivity index (χ2v) is 4.59. The van der Waals surface area contributed by atoms with Crippen molar-refractivity contribution in [3.63, 3.8) is 0 Å². The first kappa shape index (κ1) is 13.8. The van der Waals surface area contributed by atoms with Gasteiger partial charge in [-0.1, -0.05) is 24.8 Å². The van der Waals surface area contributed by atoms with E-state index in [4.69, 9.17) is 4.74 Å². The van der Waals surface area contributed by atoms with E-state index in [-0.39, 0.29) is 0 Å². The van der Waals surface area contributed by atoms with Crippen molar-refractivity contribution in [1.29, 1.82) is 0 Å². The van der Waals surface area contributed by atoms with Crippen molar-refractivity contribution in [3.05, 3.63) is 42.5 Å². The summed E-state index contributed by atoms with van der Waals surface area (Å²) in [7, 11) is 4.24. The lowest BCUT2D eigenvalue weighted by Gasteiger charge is -2.19. The number of rotatable bonds is 7. The number of hydrogen-bond donors (Lipinski definition) is 0. The minimum Gasteiger partial charge on any atom is -0.490 e. The molecule has 0 fully saturated rings. The standard InChI is InChI=1S/C15H23NO/c1-5-12-17-15-10-8-14(9-11-15)7-6-13(2)16(3)4/h5,8-11,13H,1,6-7,12H2,2-4H3. The van der Waals surface area contributed by atoms with Crippen LogP contribution in [0, 0.1) is 0 Å². The van der Waals surface area contributed by atoms with E-state index in [1.165, 1.54) is 12.0 Å². The molecular weight excluding hydrogens is 210 g/mol. The molecule has 0 amide bonds. The molecule has 0 spiro atoms. The normalized spacial score (nSPS) is 12.5. The zero-order chi connectivity index (χ0) is 12.7. The molecule has 2 heteroatoms. The van der Waals surface area contributed by atoms with Gasteiger partial charge in [-0.2, -0.15) is 0 Å².